The zero-order valence-corrected chi connectivity index (χ0v) is 13.3. The Labute approximate surface area is 139 Å². The summed E-state index contributed by atoms with van der Waals surface area (Å²) in [5.41, 5.74) is 7.65. The fourth-order valence-electron chi connectivity index (χ4n) is 1.97. The molecule has 122 valence electrons. The Kier molecular flexibility index (Phi) is 6.08. The van der Waals surface area contributed by atoms with Gasteiger partial charge in [0.2, 0.25) is 0 Å². The third-order valence-electron chi connectivity index (χ3n) is 2.94. The fourth-order valence-corrected chi connectivity index (χ4v) is 2.20. The van der Waals surface area contributed by atoms with Gasteiger partial charge in [-0.3, -0.25) is 0 Å². The van der Waals surface area contributed by atoms with Gasteiger partial charge in [0.05, 0.1) is 7.11 Å². The topological polar surface area (TPSA) is 79.8 Å². The van der Waals surface area contributed by atoms with Crippen molar-refractivity contribution in [3.05, 3.63) is 53.1 Å². The molecule has 2 aromatic rings. The first-order valence-electron chi connectivity index (χ1n) is 6.85. The molecule has 0 aliphatic rings. The van der Waals surface area contributed by atoms with Gasteiger partial charge in [-0.2, -0.15) is 0 Å². The molecule has 6 nitrogen and oxygen atoms in total. The van der Waals surface area contributed by atoms with Crippen LogP contribution in [0.25, 0.3) is 0 Å². The molecule has 0 bridgehead atoms. The second-order valence-corrected chi connectivity index (χ2v) is 5.06. The van der Waals surface area contributed by atoms with Crippen LogP contribution in [0.5, 0.6) is 11.5 Å². The van der Waals surface area contributed by atoms with E-state index >= 15 is 0 Å². The van der Waals surface area contributed by atoms with Crippen molar-refractivity contribution in [3.63, 3.8) is 0 Å². The van der Waals surface area contributed by atoms with Crippen LogP contribution in [0.3, 0.4) is 0 Å². The third kappa shape index (κ3) is 5.05. The smallest absolute Gasteiger partial charge is 0.341 e. The predicted octanol–water partition coefficient (Wildman–Crippen LogP) is 2.93. The van der Waals surface area contributed by atoms with Crippen LogP contribution in [-0.4, -0.2) is 24.8 Å². The molecule has 3 N–H and O–H groups in total. The molecule has 23 heavy (non-hydrogen) atoms. The van der Waals surface area contributed by atoms with E-state index in [0.717, 1.165) is 5.69 Å². The summed E-state index contributed by atoms with van der Waals surface area (Å²) in [6.07, 6.45) is 0. The maximum absolute atomic E-state index is 10.7. The van der Waals surface area contributed by atoms with E-state index in [1.54, 1.807) is 12.1 Å². The summed E-state index contributed by atoms with van der Waals surface area (Å²) in [5, 5.41) is 9.26. The molecular formula is C16H17ClN2O4. The molecule has 0 atom stereocenters. The van der Waals surface area contributed by atoms with Crippen LogP contribution >= 0.6 is 11.6 Å². The highest BCUT2D eigenvalue weighted by Gasteiger charge is 2.14. The van der Waals surface area contributed by atoms with Gasteiger partial charge >= 0.3 is 5.97 Å². The zero-order chi connectivity index (χ0) is 16.7. The molecule has 2 aromatic carbocycles. The van der Waals surface area contributed by atoms with Gasteiger partial charge in [-0.1, -0.05) is 29.8 Å². The number of aliphatic carboxylic acids is 1. The highest BCUT2D eigenvalue weighted by Crippen LogP contribution is 2.34. The van der Waals surface area contributed by atoms with Gasteiger partial charge in [0.25, 0.3) is 0 Å². The lowest BCUT2D eigenvalue weighted by Crippen LogP contribution is -2.22. The molecule has 0 aromatic heterocycles. The summed E-state index contributed by atoms with van der Waals surface area (Å²) >= 11 is 6.06. The minimum Gasteiger partial charge on any atom is -0.493 e. The molecule has 0 aliphatic carbocycles. The number of nitrogens with one attached hydrogen (secondary N) is 2. The predicted molar refractivity (Wildman–Crippen MR) is 88.0 cm³/mol. The minimum atomic E-state index is -1.07. The number of hydrogen-bond donors (Lipinski definition) is 3. The summed E-state index contributed by atoms with van der Waals surface area (Å²) in [7, 11) is 1.47. The zero-order valence-electron chi connectivity index (χ0n) is 12.5. The Bertz CT molecular complexity index is 665. The fraction of sp³-hybridized carbons (Fsp3) is 0.188. The van der Waals surface area contributed by atoms with E-state index in [-0.39, 0.29) is 0 Å². The van der Waals surface area contributed by atoms with E-state index in [2.05, 4.69) is 10.9 Å². The van der Waals surface area contributed by atoms with Gasteiger partial charge in [-0.15, -0.1) is 0 Å². The lowest BCUT2D eigenvalue weighted by atomic mass is 10.2. The van der Waals surface area contributed by atoms with E-state index in [4.69, 9.17) is 26.2 Å². The standard InChI is InChI=1S/C16H17ClN2O4/c1-22-14-8-12(17)7-11(16(14)23-10-15(20)21)9-18-19-13-5-3-2-4-6-13/h2-8,18-19H,9-10H2,1H3,(H,20,21). The number of anilines is 1. The number of hydrazine groups is 1. The second-order valence-electron chi connectivity index (χ2n) is 4.62. The van der Waals surface area contributed by atoms with Gasteiger partial charge in [0.1, 0.15) is 0 Å². The monoisotopic (exact) mass is 336 g/mol. The summed E-state index contributed by atoms with van der Waals surface area (Å²) in [6.45, 7) is -0.0993. The van der Waals surface area contributed by atoms with Gasteiger partial charge in [0.15, 0.2) is 18.1 Å². The molecule has 0 heterocycles. The van der Waals surface area contributed by atoms with Crippen LogP contribution in [0.2, 0.25) is 5.02 Å². The Morgan fingerprint density at radius 2 is 2.00 bits per heavy atom. The Morgan fingerprint density at radius 3 is 2.65 bits per heavy atom. The van der Waals surface area contributed by atoms with Crippen LogP contribution in [0.1, 0.15) is 5.56 Å². The molecule has 0 saturated heterocycles. The van der Waals surface area contributed by atoms with E-state index in [0.29, 0.717) is 28.6 Å². The van der Waals surface area contributed by atoms with E-state index in [1.807, 2.05) is 30.3 Å². The lowest BCUT2D eigenvalue weighted by Gasteiger charge is -2.16. The Balaban J connectivity index is 2.11. The van der Waals surface area contributed by atoms with Crippen LogP contribution < -0.4 is 20.3 Å². The molecule has 0 fully saturated rings. The van der Waals surface area contributed by atoms with Crippen molar-refractivity contribution in [1.29, 1.82) is 0 Å². The summed E-state index contributed by atoms with van der Waals surface area (Å²) in [6, 6.07) is 12.8. The van der Waals surface area contributed by atoms with Crippen LogP contribution in [-0.2, 0) is 11.3 Å². The molecule has 0 unspecified atom stereocenters. The highest BCUT2D eigenvalue weighted by atomic mass is 35.5. The number of rotatable bonds is 8. The number of carbonyl (C=O) groups is 1. The summed E-state index contributed by atoms with van der Waals surface area (Å²) in [4.78, 5) is 10.7. The Morgan fingerprint density at radius 1 is 1.26 bits per heavy atom. The number of carboxylic acid groups (broad SMARTS) is 1. The van der Waals surface area contributed by atoms with Crippen molar-refractivity contribution in [2.75, 3.05) is 19.1 Å². The molecule has 0 aliphatic heterocycles. The number of carboxylic acids is 1. The van der Waals surface area contributed by atoms with Gasteiger partial charge in [0, 0.05) is 28.9 Å². The van der Waals surface area contributed by atoms with Crippen molar-refractivity contribution < 1.29 is 19.4 Å². The average Bonchev–Trinajstić information content (AvgIpc) is 2.54. The first-order chi connectivity index (χ1) is 11.1. The van der Waals surface area contributed by atoms with Crippen LogP contribution in [0.15, 0.2) is 42.5 Å². The van der Waals surface area contributed by atoms with Gasteiger partial charge in [-0.05, 0) is 18.2 Å². The maximum atomic E-state index is 10.7. The molecular weight excluding hydrogens is 320 g/mol. The van der Waals surface area contributed by atoms with Crippen molar-refractivity contribution >= 4 is 23.3 Å². The molecule has 2 rings (SSSR count). The maximum Gasteiger partial charge on any atom is 0.341 e. The van der Waals surface area contributed by atoms with Gasteiger partial charge in [-0.25, -0.2) is 10.2 Å². The molecule has 0 spiro atoms. The lowest BCUT2D eigenvalue weighted by molar-refractivity contribution is -0.139. The average molecular weight is 337 g/mol. The molecule has 0 radical (unpaired) electrons. The molecule has 7 heteroatoms. The highest BCUT2D eigenvalue weighted by molar-refractivity contribution is 6.30. The van der Waals surface area contributed by atoms with E-state index in [9.17, 15) is 4.79 Å². The number of methoxy groups -OCH3 is 1. The second kappa shape index (κ2) is 8.26. The third-order valence-corrected chi connectivity index (χ3v) is 3.16. The molecule has 0 saturated carbocycles. The SMILES string of the molecule is COc1cc(Cl)cc(CNNc2ccccc2)c1OCC(=O)O. The number of halogens is 1. The number of hydrogen-bond acceptors (Lipinski definition) is 5. The summed E-state index contributed by atoms with van der Waals surface area (Å²) < 4.78 is 10.5. The first kappa shape index (κ1) is 16.9. The number of benzene rings is 2. The number of ether oxygens (including phenoxy) is 2. The van der Waals surface area contributed by atoms with E-state index < -0.39 is 12.6 Å². The largest absolute Gasteiger partial charge is 0.493 e. The van der Waals surface area contributed by atoms with Crippen molar-refractivity contribution in [3.8, 4) is 11.5 Å². The number of para-hydroxylation sites is 1. The first-order valence-corrected chi connectivity index (χ1v) is 7.23. The van der Waals surface area contributed by atoms with Gasteiger partial charge < -0.3 is 20.0 Å². The van der Waals surface area contributed by atoms with Crippen LogP contribution in [0.4, 0.5) is 5.69 Å². The summed E-state index contributed by atoms with van der Waals surface area (Å²) in [5.74, 6) is -0.333. The Hall–Kier alpha value is -2.44. The minimum absolute atomic E-state index is 0.349. The quantitative estimate of drug-likeness (QED) is 0.643. The van der Waals surface area contributed by atoms with E-state index in [1.165, 1.54) is 7.11 Å². The molecule has 0 amide bonds. The normalized spacial score (nSPS) is 10.2. The van der Waals surface area contributed by atoms with Crippen molar-refractivity contribution in [2.45, 2.75) is 6.54 Å². The van der Waals surface area contributed by atoms with Crippen LogP contribution in [0, 0.1) is 0 Å². The van der Waals surface area contributed by atoms with Crippen molar-refractivity contribution in [1.82, 2.24) is 5.43 Å². The van der Waals surface area contributed by atoms with Crippen molar-refractivity contribution in [2.24, 2.45) is 0 Å².